The molecule has 0 fully saturated rings. The Labute approximate surface area is 177 Å². The zero-order chi connectivity index (χ0) is 22.1. The van der Waals surface area contributed by atoms with Crippen LogP contribution in [0.25, 0.3) is 0 Å². The summed E-state index contributed by atoms with van der Waals surface area (Å²) in [6.45, 7) is 2.08. The first-order valence-electron chi connectivity index (χ1n) is 9.66. The lowest BCUT2D eigenvalue weighted by Crippen LogP contribution is -2.31. The van der Waals surface area contributed by atoms with E-state index in [-0.39, 0.29) is 47.1 Å². The first kappa shape index (κ1) is 20.5. The molecule has 0 atom stereocenters. The minimum atomic E-state index is -0.526. The van der Waals surface area contributed by atoms with E-state index in [4.69, 9.17) is 14.2 Å². The predicted molar refractivity (Wildman–Crippen MR) is 109 cm³/mol. The van der Waals surface area contributed by atoms with Crippen LogP contribution in [0, 0.1) is 0 Å². The fourth-order valence-electron chi connectivity index (χ4n) is 3.53. The lowest BCUT2D eigenvalue weighted by Gasteiger charge is -2.12. The number of Topliss-reactive ketones (excluding diaryl/α,β-unsaturated/α-hetero) is 1. The molecule has 3 amide bonds. The summed E-state index contributed by atoms with van der Waals surface area (Å²) in [4.78, 5) is 51.2. The lowest BCUT2D eigenvalue weighted by atomic mass is 10.0. The largest absolute Gasteiger partial charge is 0.454 e. The number of nitrogens with one attached hydrogen (secondary N) is 1. The molecule has 4 rings (SSSR count). The van der Waals surface area contributed by atoms with Gasteiger partial charge in [0.1, 0.15) is 0 Å². The molecule has 0 saturated carbocycles. The molecular weight excluding hydrogens is 404 g/mol. The van der Waals surface area contributed by atoms with Crippen molar-refractivity contribution < 1.29 is 33.4 Å². The first-order valence-corrected chi connectivity index (χ1v) is 9.66. The number of carbonyl (C=O) groups excluding carboxylic acids is 4. The molecule has 0 saturated heterocycles. The van der Waals surface area contributed by atoms with Gasteiger partial charge in [-0.25, -0.2) is 0 Å². The van der Waals surface area contributed by atoms with Crippen LogP contribution in [-0.2, 0) is 4.74 Å². The van der Waals surface area contributed by atoms with Crippen molar-refractivity contribution in [1.82, 2.24) is 4.90 Å². The molecule has 2 aliphatic heterocycles. The molecular formula is C22H20N2O7. The summed E-state index contributed by atoms with van der Waals surface area (Å²) < 4.78 is 15.6. The zero-order valence-corrected chi connectivity index (χ0v) is 17.0. The molecule has 1 N–H and O–H groups in total. The molecule has 0 spiro atoms. The fourth-order valence-corrected chi connectivity index (χ4v) is 3.53. The molecule has 0 unspecified atom stereocenters. The Hall–Kier alpha value is -3.72. The van der Waals surface area contributed by atoms with Crippen LogP contribution >= 0.6 is 0 Å². The molecule has 2 aromatic carbocycles. The SMILES string of the molecule is COCCCN1C(=O)c2ccc(C(=O)Nc3cc4c(cc3C(C)=O)OCO4)cc2C1=O. The number of rotatable bonds is 7. The van der Waals surface area contributed by atoms with E-state index < -0.39 is 17.7 Å². The number of carbonyl (C=O) groups is 4. The van der Waals surface area contributed by atoms with Gasteiger partial charge < -0.3 is 19.5 Å². The Morgan fingerprint density at radius 1 is 1.06 bits per heavy atom. The van der Waals surface area contributed by atoms with Gasteiger partial charge in [0, 0.05) is 37.5 Å². The van der Waals surface area contributed by atoms with Gasteiger partial charge in [0.15, 0.2) is 17.3 Å². The summed E-state index contributed by atoms with van der Waals surface area (Å²) in [6.07, 6.45) is 0.521. The summed E-state index contributed by atoms with van der Waals surface area (Å²) in [7, 11) is 1.55. The number of anilines is 1. The number of imide groups is 1. The maximum Gasteiger partial charge on any atom is 0.261 e. The molecule has 2 aliphatic rings. The van der Waals surface area contributed by atoms with Gasteiger partial charge in [-0.2, -0.15) is 0 Å². The van der Waals surface area contributed by atoms with Gasteiger partial charge in [-0.05, 0) is 37.6 Å². The van der Waals surface area contributed by atoms with E-state index in [1.807, 2.05) is 0 Å². The minimum Gasteiger partial charge on any atom is -0.454 e. The summed E-state index contributed by atoms with van der Waals surface area (Å²) in [6, 6.07) is 7.37. The number of hydrogen-bond donors (Lipinski definition) is 1. The van der Waals surface area contributed by atoms with E-state index in [2.05, 4.69) is 5.32 Å². The molecule has 160 valence electrons. The normalized spacial score (nSPS) is 14.1. The van der Waals surface area contributed by atoms with Crippen molar-refractivity contribution in [1.29, 1.82) is 0 Å². The number of benzene rings is 2. The fraction of sp³-hybridized carbons (Fsp3) is 0.273. The molecule has 2 aromatic rings. The Morgan fingerprint density at radius 2 is 1.77 bits per heavy atom. The number of amides is 3. The van der Waals surface area contributed by atoms with E-state index in [0.29, 0.717) is 24.5 Å². The van der Waals surface area contributed by atoms with Crippen LogP contribution in [0.3, 0.4) is 0 Å². The highest BCUT2D eigenvalue weighted by molar-refractivity contribution is 6.22. The Kier molecular flexibility index (Phi) is 5.43. The molecule has 9 nitrogen and oxygen atoms in total. The number of hydrogen-bond acceptors (Lipinski definition) is 7. The number of ether oxygens (including phenoxy) is 3. The third-order valence-corrected chi connectivity index (χ3v) is 5.10. The van der Waals surface area contributed by atoms with Crippen molar-refractivity contribution in [2.45, 2.75) is 13.3 Å². The molecule has 0 bridgehead atoms. The van der Waals surface area contributed by atoms with Crippen LogP contribution in [0.5, 0.6) is 11.5 Å². The molecule has 2 heterocycles. The minimum absolute atomic E-state index is 0.0337. The third-order valence-electron chi connectivity index (χ3n) is 5.10. The van der Waals surface area contributed by atoms with Crippen molar-refractivity contribution in [2.24, 2.45) is 0 Å². The van der Waals surface area contributed by atoms with Crippen molar-refractivity contribution in [2.75, 3.05) is 32.4 Å². The average Bonchev–Trinajstić information content (AvgIpc) is 3.30. The summed E-state index contributed by atoms with van der Waals surface area (Å²) >= 11 is 0. The van der Waals surface area contributed by atoms with Gasteiger partial charge in [-0.3, -0.25) is 24.1 Å². The van der Waals surface area contributed by atoms with Crippen molar-refractivity contribution >= 4 is 29.2 Å². The van der Waals surface area contributed by atoms with Crippen LogP contribution in [0.15, 0.2) is 30.3 Å². The second kappa shape index (κ2) is 8.19. The molecule has 0 aromatic heterocycles. The van der Waals surface area contributed by atoms with Gasteiger partial charge in [0.2, 0.25) is 6.79 Å². The number of nitrogens with zero attached hydrogens (tertiary/aromatic N) is 1. The highest BCUT2D eigenvalue weighted by atomic mass is 16.7. The maximum atomic E-state index is 12.8. The van der Waals surface area contributed by atoms with Crippen LogP contribution in [0.2, 0.25) is 0 Å². The number of methoxy groups -OCH3 is 1. The van der Waals surface area contributed by atoms with Gasteiger partial charge in [-0.1, -0.05) is 0 Å². The standard InChI is InChI=1S/C22H20N2O7/c1-12(25)15-9-18-19(31-11-30-18)10-17(15)23-20(26)13-4-5-14-16(8-13)22(28)24(21(14)27)6-3-7-29-2/h4-5,8-10H,3,6-7,11H2,1-2H3,(H,23,26). The third kappa shape index (κ3) is 3.75. The number of ketones is 1. The lowest BCUT2D eigenvalue weighted by molar-refractivity contribution is 0.0638. The molecule has 31 heavy (non-hydrogen) atoms. The van der Waals surface area contributed by atoms with Gasteiger partial charge in [-0.15, -0.1) is 0 Å². The van der Waals surface area contributed by atoms with Crippen LogP contribution in [-0.4, -0.2) is 55.5 Å². The zero-order valence-electron chi connectivity index (χ0n) is 17.0. The summed E-state index contributed by atoms with van der Waals surface area (Å²) in [5, 5.41) is 2.69. The average molecular weight is 424 g/mol. The van der Waals surface area contributed by atoms with Crippen molar-refractivity contribution in [3.05, 3.63) is 52.6 Å². The van der Waals surface area contributed by atoms with Crippen molar-refractivity contribution in [3.8, 4) is 11.5 Å². The highest BCUT2D eigenvalue weighted by Gasteiger charge is 2.35. The van der Waals surface area contributed by atoms with E-state index >= 15 is 0 Å². The Morgan fingerprint density at radius 3 is 2.48 bits per heavy atom. The number of fused-ring (bicyclic) bond motifs is 2. The van der Waals surface area contributed by atoms with E-state index in [1.54, 1.807) is 7.11 Å². The second-order valence-electron chi connectivity index (χ2n) is 7.13. The van der Waals surface area contributed by atoms with E-state index in [1.165, 1.54) is 37.3 Å². The van der Waals surface area contributed by atoms with Gasteiger partial charge in [0.25, 0.3) is 17.7 Å². The molecule has 0 aliphatic carbocycles. The van der Waals surface area contributed by atoms with E-state index in [9.17, 15) is 19.2 Å². The Balaban J connectivity index is 1.58. The topological polar surface area (TPSA) is 111 Å². The maximum absolute atomic E-state index is 12.8. The molecule has 0 radical (unpaired) electrons. The van der Waals surface area contributed by atoms with Crippen molar-refractivity contribution in [3.63, 3.8) is 0 Å². The Bertz CT molecular complexity index is 1110. The van der Waals surface area contributed by atoms with Crippen LogP contribution in [0.1, 0.15) is 54.8 Å². The second-order valence-corrected chi connectivity index (χ2v) is 7.13. The van der Waals surface area contributed by atoms with Crippen LogP contribution in [0.4, 0.5) is 5.69 Å². The smallest absolute Gasteiger partial charge is 0.261 e. The summed E-state index contributed by atoms with van der Waals surface area (Å²) in [5.41, 5.74) is 1.16. The van der Waals surface area contributed by atoms with Gasteiger partial charge >= 0.3 is 0 Å². The monoisotopic (exact) mass is 424 g/mol. The predicted octanol–water partition coefficient (Wildman–Crippen LogP) is 2.50. The van der Waals surface area contributed by atoms with Crippen LogP contribution < -0.4 is 14.8 Å². The summed E-state index contributed by atoms with van der Waals surface area (Å²) in [5.74, 6) is -0.770. The highest BCUT2D eigenvalue weighted by Crippen LogP contribution is 2.37. The first-order chi connectivity index (χ1) is 14.9. The quantitative estimate of drug-likeness (QED) is 0.413. The van der Waals surface area contributed by atoms with E-state index in [0.717, 1.165) is 4.90 Å². The van der Waals surface area contributed by atoms with Gasteiger partial charge in [0.05, 0.1) is 16.8 Å². The molecule has 9 heteroatoms.